The Morgan fingerprint density at radius 3 is 2.40 bits per heavy atom. The van der Waals surface area contributed by atoms with Crippen LogP contribution in [-0.4, -0.2) is 71.7 Å². The van der Waals surface area contributed by atoms with Crippen LogP contribution in [-0.2, 0) is 29.5 Å². The Morgan fingerprint density at radius 1 is 1.23 bits per heavy atom. The van der Waals surface area contributed by atoms with Crippen molar-refractivity contribution in [1.82, 2.24) is 16.4 Å². The van der Waals surface area contributed by atoms with Gasteiger partial charge in [0.1, 0.15) is 0 Å². The average molecular weight is 444 g/mol. The number of rotatable bonds is 8. The number of carbonyl (C=O) groups is 2. The molecule has 0 aromatic heterocycles. The van der Waals surface area contributed by atoms with Crippen molar-refractivity contribution in [2.24, 2.45) is 0 Å². The van der Waals surface area contributed by atoms with E-state index in [-0.39, 0.29) is 24.2 Å². The summed E-state index contributed by atoms with van der Waals surface area (Å²) in [5, 5.41) is 2.67. The van der Waals surface area contributed by atoms with Crippen LogP contribution in [0, 0.1) is 0 Å². The molecule has 2 atom stereocenters. The smallest absolute Gasteiger partial charge is 0.410 e. The number of nitrogens with zero attached hydrogens (tertiary/aromatic N) is 1. The lowest BCUT2D eigenvalue weighted by Crippen LogP contribution is -2.45. The minimum atomic E-state index is -2.44. The van der Waals surface area contributed by atoms with Crippen molar-refractivity contribution in [3.05, 3.63) is 35.9 Å². The number of morpholine rings is 1. The van der Waals surface area contributed by atoms with E-state index < -0.39 is 21.7 Å². The second-order valence-corrected chi connectivity index (χ2v) is 9.08. The van der Waals surface area contributed by atoms with Gasteiger partial charge in [0.25, 0.3) is 5.91 Å². The number of hydrogen-bond donors (Lipinski definition) is 2. The molecule has 1 unspecified atom stereocenters. The van der Waals surface area contributed by atoms with Gasteiger partial charge in [-0.05, 0) is 27.9 Å². The van der Waals surface area contributed by atoms with Crippen molar-refractivity contribution in [1.29, 1.82) is 0 Å². The van der Waals surface area contributed by atoms with Gasteiger partial charge in [0, 0.05) is 37.6 Å². The first-order chi connectivity index (χ1) is 13.9. The summed E-state index contributed by atoms with van der Waals surface area (Å²) < 4.78 is 23.4. The normalized spacial score (nSPS) is 16.0. The van der Waals surface area contributed by atoms with E-state index in [0.717, 1.165) is 5.56 Å². The molecule has 9 heteroatoms. The van der Waals surface area contributed by atoms with Crippen LogP contribution in [0.4, 0.5) is 4.79 Å². The molecule has 0 radical (unpaired) electrons. The number of amides is 2. The third-order valence-electron chi connectivity index (χ3n) is 4.18. The molecule has 1 fully saturated rings. The molecular formula is C21H37N3O5S. The highest BCUT2D eigenvalue weighted by molar-refractivity contribution is 7.99. The van der Waals surface area contributed by atoms with E-state index in [0.29, 0.717) is 38.6 Å². The largest absolute Gasteiger partial charge is 0.436 e. The molecule has 30 heavy (non-hydrogen) atoms. The van der Waals surface area contributed by atoms with E-state index in [1.807, 2.05) is 44.2 Å². The highest BCUT2D eigenvalue weighted by atomic mass is 32.2. The fourth-order valence-electron chi connectivity index (χ4n) is 2.75. The van der Waals surface area contributed by atoms with Gasteiger partial charge in [-0.2, -0.15) is 0 Å². The van der Waals surface area contributed by atoms with Crippen LogP contribution < -0.4 is 11.5 Å². The van der Waals surface area contributed by atoms with Crippen molar-refractivity contribution in [2.45, 2.75) is 39.0 Å². The molecule has 0 spiro atoms. The third kappa shape index (κ3) is 10.1. The number of ether oxygens (including phenoxy) is 2. The number of benzene rings is 1. The Kier molecular flexibility index (Phi) is 13.8. The van der Waals surface area contributed by atoms with Crippen molar-refractivity contribution < 1.29 is 23.3 Å². The maximum Gasteiger partial charge on any atom is 0.410 e. The number of hydrogen-bond acceptors (Lipinski definition) is 6. The molecule has 172 valence electrons. The van der Waals surface area contributed by atoms with Crippen LogP contribution in [0.25, 0.3) is 0 Å². The standard InChI is InChI=1S/C19H28N2O5S.C2H6.H3N/c1-3-20-18(22)17(26-19(23)21-10-12-25-13-11-21)9-14-27(2,24)15-16-7-5-4-6-8-16;1-2;/h4-8,17H,2-3,9-15H2,1H3,(H,20,22);1-2H3;1H3/t17-,27?;;/m0../s1. The Labute approximate surface area is 180 Å². The molecule has 2 amide bonds. The Balaban J connectivity index is 0.00000272. The van der Waals surface area contributed by atoms with Gasteiger partial charge in [0.05, 0.1) is 13.2 Å². The maximum absolute atomic E-state index is 12.8. The lowest BCUT2D eigenvalue weighted by Gasteiger charge is -2.28. The molecule has 2 rings (SSSR count). The number of carbonyl (C=O) groups excluding carboxylic acids is 2. The van der Waals surface area contributed by atoms with Crippen LogP contribution in [0.3, 0.4) is 0 Å². The van der Waals surface area contributed by atoms with Gasteiger partial charge in [0.15, 0.2) is 6.10 Å². The van der Waals surface area contributed by atoms with Crippen molar-refractivity contribution in [3.63, 3.8) is 0 Å². The van der Waals surface area contributed by atoms with Crippen LogP contribution in [0.1, 0.15) is 32.8 Å². The van der Waals surface area contributed by atoms with Gasteiger partial charge in [-0.3, -0.25) is 9.00 Å². The first-order valence-electron chi connectivity index (χ1n) is 10.1. The molecule has 1 aliphatic rings. The first kappa shape index (κ1) is 27.9. The van der Waals surface area contributed by atoms with Crippen LogP contribution >= 0.6 is 0 Å². The van der Waals surface area contributed by atoms with Gasteiger partial charge in [-0.15, -0.1) is 0 Å². The summed E-state index contributed by atoms with van der Waals surface area (Å²) in [5.41, 5.74) is 0.928. The topological polar surface area (TPSA) is 120 Å². The van der Waals surface area contributed by atoms with Crippen molar-refractivity contribution in [2.75, 3.05) is 38.6 Å². The SMILES string of the molecule is C=S(=O)(CC[C@H](OC(=O)N1CCOCC1)C(=O)NCC)Cc1ccccc1.CC.N. The van der Waals surface area contributed by atoms with E-state index in [9.17, 15) is 13.8 Å². The molecule has 1 saturated heterocycles. The monoisotopic (exact) mass is 443 g/mol. The lowest BCUT2D eigenvalue weighted by molar-refractivity contribution is -0.130. The zero-order valence-corrected chi connectivity index (χ0v) is 19.2. The fourth-order valence-corrected chi connectivity index (χ4v) is 4.33. The Bertz CT molecular complexity index is 719. The number of nitrogens with one attached hydrogen (secondary N) is 1. The highest BCUT2D eigenvalue weighted by Crippen LogP contribution is 2.11. The second kappa shape index (κ2) is 14.8. The summed E-state index contributed by atoms with van der Waals surface area (Å²) in [4.78, 5) is 26.1. The summed E-state index contributed by atoms with van der Waals surface area (Å²) >= 11 is 0. The average Bonchev–Trinajstić information content (AvgIpc) is 2.73. The van der Waals surface area contributed by atoms with Crippen LogP contribution in [0.5, 0.6) is 0 Å². The van der Waals surface area contributed by atoms with Gasteiger partial charge in [0.2, 0.25) is 0 Å². The summed E-state index contributed by atoms with van der Waals surface area (Å²) in [5.74, 6) is 3.98. The summed E-state index contributed by atoms with van der Waals surface area (Å²) in [6.07, 6.45) is -1.37. The second-order valence-electron chi connectivity index (χ2n) is 6.46. The molecular weight excluding hydrogens is 406 g/mol. The van der Waals surface area contributed by atoms with E-state index in [2.05, 4.69) is 11.2 Å². The molecule has 0 saturated carbocycles. The quantitative estimate of drug-likeness (QED) is 0.596. The molecule has 1 aliphatic heterocycles. The zero-order chi connectivity index (χ0) is 21.7. The van der Waals surface area contributed by atoms with Crippen LogP contribution in [0.15, 0.2) is 30.3 Å². The highest BCUT2D eigenvalue weighted by Gasteiger charge is 2.27. The minimum absolute atomic E-state index is 0. The summed E-state index contributed by atoms with van der Waals surface area (Å²) in [6.45, 7) is 7.98. The van der Waals surface area contributed by atoms with Gasteiger partial charge in [-0.1, -0.05) is 44.2 Å². The fraction of sp³-hybridized carbons (Fsp3) is 0.571. The van der Waals surface area contributed by atoms with Crippen molar-refractivity contribution in [3.8, 4) is 0 Å². The summed E-state index contributed by atoms with van der Waals surface area (Å²) in [6, 6.07) is 9.44. The van der Waals surface area contributed by atoms with Crippen molar-refractivity contribution >= 4 is 27.4 Å². The predicted octanol–water partition coefficient (Wildman–Crippen LogP) is 2.45. The van der Waals surface area contributed by atoms with Crippen LogP contribution in [0.2, 0.25) is 0 Å². The van der Waals surface area contributed by atoms with E-state index in [4.69, 9.17) is 9.47 Å². The van der Waals surface area contributed by atoms with Gasteiger partial charge in [-0.25, -0.2) is 4.79 Å². The lowest BCUT2D eigenvalue weighted by atomic mass is 10.2. The first-order valence-corrected chi connectivity index (χ1v) is 12.2. The third-order valence-corrected chi connectivity index (χ3v) is 6.02. The minimum Gasteiger partial charge on any atom is -0.436 e. The van der Waals surface area contributed by atoms with E-state index >= 15 is 0 Å². The molecule has 1 aromatic rings. The van der Waals surface area contributed by atoms with Gasteiger partial charge >= 0.3 is 6.09 Å². The molecule has 8 nitrogen and oxygen atoms in total. The Hall–Kier alpha value is -2.10. The predicted molar refractivity (Wildman–Crippen MR) is 123 cm³/mol. The molecule has 1 heterocycles. The molecule has 4 N–H and O–H groups in total. The molecule has 1 aromatic carbocycles. The van der Waals surface area contributed by atoms with E-state index in [1.165, 1.54) is 4.90 Å². The zero-order valence-electron chi connectivity index (χ0n) is 18.4. The summed E-state index contributed by atoms with van der Waals surface area (Å²) in [7, 11) is -2.44. The molecule has 0 bridgehead atoms. The van der Waals surface area contributed by atoms with Gasteiger partial charge < -0.3 is 25.8 Å². The number of likely N-dealkylation sites (N-methyl/N-ethyl adjacent to an activating group) is 1. The molecule has 0 aliphatic carbocycles. The van der Waals surface area contributed by atoms with E-state index in [1.54, 1.807) is 6.92 Å². The maximum atomic E-state index is 12.8. The Morgan fingerprint density at radius 2 is 1.83 bits per heavy atom.